The first kappa shape index (κ1) is 16.7. The first-order valence-corrected chi connectivity index (χ1v) is 8.95. The average molecular weight is 388 g/mol. The zero-order valence-electron chi connectivity index (χ0n) is 13.2. The second kappa shape index (κ2) is 6.89. The number of anilines is 1. The van der Waals surface area contributed by atoms with Gasteiger partial charge in [-0.05, 0) is 24.3 Å². The maximum absolute atomic E-state index is 13.1. The molecule has 0 atom stereocenters. The highest BCUT2D eigenvalue weighted by atomic mass is 35.5. The third-order valence-corrected chi connectivity index (χ3v) is 4.77. The number of carbonyl (C=O) groups is 1. The summed E-state index contributed by atoms with van der Waals surface area (Å²) in [5, 5.41) is 12.2. The lowest BCUT2D eigenvalue weighted by atomic mass is 10.2. The van der Waals surface area contributed by atoms with Crippen molar-refractivity contribution < 1.29 is 9.18 Å². The molecule has 2 aromatic carbocycles. The van der Waals surface area contributed by atoms with Crippen molar-refractivity contribution in [3.05, 3.63) is 53.3 Å². The van der Waals surface area contributed by atoms with E-state index in [1.54, 1.807) is 0 Å². The molecule has 130 valence electrons. The highest BCUT2D eigenvalue weighted by Crippen LogP contribution is 2.23. The molecule has 2 heterocycles. The molecule has 0 bridgehead atoms. The van der Waals surface area contributed by atoms with Gasteiger partial charge in [0.2, 0.25) is 11.1 Å². The van der Waals surface area contributed by atoms with Crippen LogP contribution < -0.4 is 5.32 Å². The summed E-state index contributed by atoms with van der Waals surface area (Å²) in [6.07, 6.45) is 0. The van der Waals surface area contributed by atoms with Crippen molar-refractivity contribution in [3.8, 4) is 0 Å². The third-order valence-electron chi connectivity index (χ3n) is 3.64. The number of nitrogens with one attached hydrogen (secondary N) is 2. The minimum absolute atomic E-state index is 0.0488. The molecule has 4 rings (SSSR count). The molecule has 0 radical (unpaired) electrons. The minimum atomic E-state index is -0.537. The van der Waals surface area contributed by atoms with Gasteiger partial charge in [-0.1, -0.05) is 41.6 Å². The second-order valence-corrected chi connectivity index (χ2v) is 6.78. The molecule has 9 heteroatoms. The normalized spacial score (nSPS) is 11.2. The number of aromatic nitrogens is 4. The van der Waals surface area contributed by atoms with Crippen LogP contribution in [0.2, 0.25) is 5.02 Å². The molecule has 0 unspecified atom stereocenters. The van der Waals surface area contributed by atoms with Gasteiger partial charge in [0.1, 0.15) is 11.3 Å². The molecule has 0 spiro atoms. The molecule has 0 saturated heterocycles. The van der Waals surface area contributed by atoms with Crippen LogP contribution in [0.4, 0.5) is 10.1 Å². The lowest BCUT2D eigenvalue weighted by Gasteiger charge is -2.05. The second-order valence-electron chi connectivity index (χ2n) is 5.43. The van der Waals surface area contributed by atoms with Crippen LogP contribution in [0.1, 0.15) is 0 Å². The lowest BCUT2D eigenvalue weighted by molar-refractivity contribution is -0.113. The van der Waals surface area contributed by atoms with Gasteiger partial charge in [0, 0.05) is 16.6 Å². The van der Waals surface area contributed by atoms with E-state index in [4.69, 9.17) is 11.6 Å². The molecular formula is C17H11ClFN5OS. The first-order chi connectivity index (χ1) is 12.6. The van der Waals surface area contributed by atoms with E-state index >= 15 is 0 Å². The van der Waals surface area contributed by atoms with Crippen molar-refractivity contribution in [2.24, 2.45) is 0 Å². The van der Waals surface area contributed by atoms with Crippen LogP contribution >= 0.6 is 23.4 Å². The van der Waals surface area contributed by atoms with Crippen LogP contribution in [-0.4, -0.2) is 31.8 Å². The summed E-state index contributed by atoms with van der Waals surface area (Å²) >= 11 is 6.85. The molecule has 0 saturated carbocycles. The van der Waals surface area contributed by atoms with E-state index in [2.05, 4.69) is 25.5 Å². The van der Waals surface area contributed by atoms with E-state index in [9.17, 15) is 9.18 Å². The zero-order valence-corrected chi connectivity index (χ0v) is 14.7. The summed E-state index contributed by atoms with van der Waals surface area (Å²) < 4.78 is 13.1. The van der Waals surface area contributed by atoms with E-state index < -0.39 is 5.82 Å². The van der Waals surface area contributed by atoms with E-state index in [1.807, 2.05) is 24.3 Å². The Labute approximate surface area is 156 Å². The van der Waals surface area contributed by atoms with Gasteiger partial charge in [0.25, 0.3) is 0 Å². The van der Waals surface area contributed by atoms with E-state index in [0.717, 1.165) is 22.7 Å². The summed E-state index contributed by atoms with van der Waals surface area (Å²) in [5.74, 6) is -0.731. The van der Waals surface area contributed by atoms with E-state index in [-0.39, 0.29) is 16.7 Å². The van der Waals surface area contributed by atoms with Gasteiger partial charge in [-0.15, -0.1) is 10.2 Å². The number of fused-ring (bicyclic) bond motifs is 3. The zero-order chi connectivity index (χ0) is 18.1. The van der Waals surface area contributed by atoms with Crippen LogP contribution in [0.3, 0.4) is 0 Å². The van der Waals surface area contributed by atoms with Crippen molar-refractivity contribution >= 4 is 57.0 Å². The van der Waals surface area contributed by atoms with Gasteiger partial charge < -0.3 is 10.3 Å². The molecule has 4 aromatic rings. The van der Waals surface area contributed by atoms with Crippen LogP contribution in [-0.2, 0) is 4.79 Å². The Kier molecular flexibility index (Phi) is 4.44. The number of carbonyl (C=O) groups excluding carboxylic acids is 1. The van der Waals surface area contributed by atoms with E-state index in [0.29, 0.717) is 22.0 Å². The predicted molar refractivity (Wildman–Crippen MR) is 100.0 cm³/mol. The molecule has 0 aliphatic heterocycles. The topological polar surface area (TPSA) is 83.6 Å². The molecule has 2 aromatic heterocycles. The number of rotatable bonds is 4. The first-order valence-electron chi connectivity index (χ1n) is 7.59. The molecule has 0 fully saturated rings. The summed E-state index contributed by atoms with van der Waals surface area (Å²) in [4.78, 5) is 19.6. The fourth-order valence-electron chi connectivity index (χ4n) is 2.47. The van der Waals surface area contributed by atoms with Crippen molar-refractivity contribution in [1.82, 2.24) is 20.2 Å². The van der Waals surface area contributed by atoms with Gasteiger partial charge in [0.05, 0.1) is 10.8 Å². The number of aromatic amines is 1. The van der Waals surface area contributed by atoms with Crippen molar-refractivity contribution in [2.75, 3.05) is 11.1 Å². The average Bonchev–Trinajstić information content (AvgIpc) is 3.01. The lowest BCUT2D eigenvalue weighted by Crippen LogP contribution is -2.14. The van der Waals surface area contributed by atoms with Gasteiger partial charge in [0.15, 0.2) is 5.65 Å². The number of halogens is 2. The Morgan fingerprint density at radius 2 is 2.08 bits per heavy atom. The minimum Gasteiger partial charge on any atom is -0.338 e. The number of para-hydroxylation sites is 1. The van der Waals surface area contributed by atoms with Crippen molar-refractivity contribution in [3.63, 3.8) is 0 Å². The number of thioether (sulfide) groups is 1. The Morgan fingerprint density at radius 1 is 1.23 bits per heavy atom. The Balaban J connectivity index is 1.46. The van der Waals surface area contributed by atoms with Gasteiger partial charge >= 0.3 is 0 Å². The standard InChI is InChI=1S/C17H11ClFN5OS/c18-11-7-9(5-6-12(11)19)20-14(25)8-26-17-22-16-15(23-24-17)10-3-1-2-4-13(10)21-16/h1-7H,8H2,(H,20,25)(H,21,22,24). The van der Waals surface area contributed by atoms with Gasteiger partial charge in [-0.25, -0.2) is 9.37 Å². The molecular weight excluding hydrogens is 377 g/mol. The monoisotopic (exact) mass is 387 g/mol. The maximum Gasteiger partial charge on any atom is 0.234 e. The third kappa shape index (κ3) is 3.33. The number of hydrogen-bond donors (Lipinski definition) is 2. The van der Waals surface area contributed by atoms with Gasteiger partial charge in [-0.3, -0.25) is 4.79 Å². The fraction of sp³-hybridized carbons (Fsp3) is 0.0588. The maximum atomic E-state index is 13.1. The Bertz CT molecular complexity index is 1130. The molecule has 0 aliphatic rings. The van der Waals surface area contributed by atoms with Crippen LogP contribution in [0, 0.1) is 5.82 Å². The smallest absolute Gasteiger partial charge is 0.234 e. The summed E-state index contributed by atoms with van der Waals surface area (Å²) in [6.45, 7) is 0. The molecule has 2 N–H and O–H groups in total. The molecule has 26 heavy (non-hydrogen) atoms. The van der Waals surface area contributed by atoms with Crippen molar-refractivity contribution in [2.45, 2.75) is 5.16 Å². The fourth-order valence-corrected chi connectivity index (χ4v) is 3.24. The Hall–Kier alpha value is -2.71. The molecule has 1 amide bonds. The van der Waals surface area contributed by atoms with E-state index in [1.165, 1.54) is 18.2 Å². The summed E-state index contributed by atoms with van der Waals surface area (Å²) in [6, 6.07) is 11.7. The van der Waals surface area contributed by atoms with Crippen LogP contribution in [0.15, 0.2) is 47.6 Å². The number of nitrogens with zero attached hydrogens (tertiary/aromatic N) is 3. The van der Waals surface area contributed by atoms with Crippen LogP contribution in [0.25, 0.3) is 22.1 Å². The number of amides is 1. The predicted octanol–water partition coefficient (Wildman–Crippen LogP) is 4.03. The SMILES string of the molecule is O=C(CSc1nnc2c(n1)[nH]c1ccccc12)Nc1ccc(F)c(Cl)c1. The highest BCUT2D eigenvalue weighted by Gasteiger charge is 2.11. The highest BCUT2D eigenvalue weighted by molar-refractivity contribution is 7.99. The number of hydrogen-bond acceptors (Lipinski definition) is 5. The van der Waals surface area contributed by atoms with Crippen LogP contribution in [0.5, 0.6) is 0 Å². The summed E-state index contributed by atoms with van der Waals surface area (Å²) in [7, 11) is 0. The van der Waals surface area contributed by atoms with Crippen molar-refractivity contribution in [1.29, 1.82) is 0 Å². The Morgan fingerprint density at radius 3 is 2.92 bits per heavy atom. The molecule has 0 aliphatic carbocycles. The molecule has 6 nitrogen and oxygen atoms in total. The summed E-state index contributed by atoms with van der Waals surface area (Å²) in [5.41, 5.74) is 2.66. The number of H-pyrrole nitrogens is 1. The quantitative estimate of drug-likeness (QED) is 0.516. The largest absolute Gasteiger partial charge is 0.338 e. The van der Waals surface area contributed by atoms with Gasteiger partial charge in [-0.2, -0.15) is 0 Å². The number of benzene rings is 2.